The van der Waals surface area contributed by atoms with E-state index in [1.54, 1.807) is 0 Å². The molecule has 1 amide bonds. The van der Waals surface area contributed by atoms with Crippen molar-refractivity contribution in [1.29, 1.82) is 0 Å². The van der Waals surface area contributed by atoms with Crippen LogP contribution in [-0.4, -0.2) is 38.8 Å². The van der Waals surface area contributed by atoms with Crippen LogP contribution in [0, 0.1) is 11.3 Å². The Hall–Kier alpha value is -1.46. The molecular formula is C21H33ClN2O3. The topological polar surface area (TPSA) is 59.6 Å². The van der Waals surface area contributed by atoms with Crippen LogP contribution in [0.3, 0.4) is 0 Å². The van der Waals surface area contributed by atoms with Gasteiger partial charge in [-0.05, 0) is 63.3 Å². The molecule has 3 rings (SSSR count). The van der Waals surface area contributed by atoms with Crippen LogP contribution in [-0.2, 0) is 11.2 Å². The highest BCUT2D eigenvalue weighted by atomic mass is 35.5. The first-order valence-electron chi connectivity index (χ1n) is 10.1. The summed E-state index contributed by atoms with van der Waals surface area (Å²) in [5.74, 6) is 2.31. The average Bonchev–Trinajstić information content (AvgIpc) is 3.09. The Kier molecular flexibility index (Phi) is 8.24. The molecule has 6 heteroatoms. The molecule has 2 aliphatic rings. The second kappa shape index (κ2) is 10.2. The smallest absolute Gasteiger partial charge is 0.227 e. The molecule has 27 heavy (non-hydrogen) atoms. The minimum Gasteiger partial charge on any atom is -0.490 e. The predicted octanol–water partition coefficient (Wildman–Crippen LogP) is 3.34. The maximum absolute atomic E-state index is 12.9. The fourth-order valence-electron chi connectivity index (χ4n) is 4.44. The number of carbonyl (C=O) groups excluding carboxylic acids is 1. The summed E-state index contributed by atoms with van der Waals surface area (Å²) in [6, 6.07) is 6.04. The second-order valence-corrected chi connectivity index (χ2v) is 7.38. The van der Waals surface area contributed by atoms with Crippen LogP contribution in [0.2, 0.25) is 0 Å². The van der Waals surface area contributed by atoms with Crippen molar-refractivity contribution in [2.75, 3.05) is 32.8 Å². The average molecular weight is 397 g/mol. The number of rotatable bonds is 8. The van der Waals surface area contributed by atoms with Gasteiger partial charge in [-0.1, -0.05) is 18.9 Å². The lowest BCUT2D eigenvalue weighted by atomic mass is 9.67. The van der Waals surface area contributed by atoms with Gasteiger partial charge in [0.2, 0.25) is 5.91 Å². The molecule has 1 aromatic carbocycles. The molecule has 2 atom stereocenters. The molecule has 1 heterocycles. The molecule has 0 spiro atoms. The quantitative estimate of drug-likeness (QED) is 0.707. The monoisotopic (exact) mass is 396 g/mol. The molecule has 0 unspecified atom stereocenters. The highest BCUT2D eigenvalue weighted by Crippen LogP contribution is 2.43. The normalized spacial score (nSPS) is 23.9. The fourth-order valence-corrected chi connectivity index (χ4v) is 4.44. The number of hydrogen-bond acceptors (Lipinski definition) is 4. The van der Waals surface area contributed by atoms with E-state index in [2.05, 4.69) is 16.7 Å². The van der Waals surface area contributed by atoms with Gasteiger partial charge in [0.15, 0.2) is 11.5 Å². The van der Waals surface area contributed by atoms with Crippen LogP contribution in [0.5, 0.6) is 11.5 Å². The first-order chi connectivity index (χ1) is 12.7. The lowest BCUT2D eigenvalue weighted by molar-refractivity contribution is -0.133. The summed E-state index contributed by atoms with van der Waals surface area (Å²) >= 11 is 0. The highest BCUT2D eigenvalue weighted by Gasteiger charge is 2.49. The molecule has 1 aliphatic carbocycles. The zero-order valence-electron chi connectivity index (χ0n) is 16.5. The molecule has 0 bridgehead atoms. The van der Waals surface area contributed by atoms with Gasteiger partial charge in [0, 0.05) is 13.1 Å². The fraction of sp³-hybridized carbons (Fsp3) is 0.667. The number of ether oxygens (including phenoxy) is 2. The summed E-state index contributed by atoms with van der Waals surface area (Å²) in [5, 5.41) is 6.65. The molecule has 1 saturated heterocycles. The largest absolute Gasteiger partial charge is 0.490 e. The van der Waals surface area contributed by atoms with Crippen LogP contribution in [0.25, 0.3) is 0 Å². The van der Waals surface area contributed by atoms with E-state index in [-0.39, 0.29) is 23.7 Å². The number of halogens is 1. The van der Waals surface area contributed by atoms with Crippen molar-refractivity contribution in [3.05, 3.63) is 23.8 Å². The Balaban J connectivity index is 0.00000261. The summed E-state index contributed by atoms with van der Waals surface area (Å²) in [4.78, 5) is 12.9. The van der Waals surface area contributed by atoms with Crippen molar-refractivity contribution in [3.8, 4) is 11.5 Å². The van der Waals surface area contributed by atoms with E-state index < -0.39 is 0 Å². The molecule has 2 fully saturated rings. The molecule has 1 saturated carbocycles. The van der Waals surface area contributed by atoms with Gasteiger partial charge in [0.05, 0.1) is 18.6 Å². The van der Waals surface area contributed by atoms with E-state index in [0.29, 0.717) is 25.7 Å². The van der Waals surface area contributed by atoms with Crippen molar-refractivity contribution in [3.63, 3.8) is 0 Å². The number of amides is 1. The third kappa shape index (κ3) is 4.88. The third-order valence-corrected chi connectivity index (χ3v) is 5.80. The molecule has 0 aromatic heterocycles. The first kappa shape index (κ1) is 21.8. The Bertz CT molecular complexity index is 625. The Morgan fingerprint density at radius 3 is 2.78 bits per heavy atom. The Labute approximate surface area is 169 Å². The van der Waals surface area contributed by atoms with E-state index in [4.69, 9.17) is 9.47 Å². The Morgan fingerprint density at radius 1 is 1.22 bits per heavy atom. The molecular weight excluding hydrogens is 364 g/mol. The van der Waals surface area contributed by atoms with E-state index >= 15 is 0 Å². The maximum atomic E-state index is 12.9. The van der Waals surface area contributed by atoms with Crippen LogP contribution < -0.4 is 20.1 Å². The van der Waals surface area contributed by atoms with Gasteiger partial charge in [0.25, 0.3) is 0 Å². The second-order valence-electron chi connectivity index (χ2n) is 7.38. The number of nitrogens with one attached hydrogen (secondary N) is 2. The lowest BCUT2D eigenvalue weighted by Gasteiger charge is -2.37. The molecule has 152 valence electrons. The zero-order valence-corrected chi connectivity index (χ0v) is 17.3. The summed E-state index contributed by atoms with van der Waals surface area (Å²) in [5.41, 5.74) is 0.979. The van der Waals surface area contributed by atoms with Gasteiger partial charge in [-0.3, -0.25) is 4.79 Å². The van der Waals surface area contributed by atoms with Crippen molar-refractivity contribution in [2.45, 2.75) is 46.0 Å². The zero-order chi connectivity index (χ0) is 18.4. The first-order valence-corrected chi connectivity index (χ1v) is 10.1. The molecule has 5 nitrogen and oxygen atoms in total. The Morgan fingerprint density at radius 2 is 2.00 bits per heavy atom. The molecule has 0 radical (unpaired) electrons. The van der Waals surface area contributed by atoms with Crippen LogP contribution >= 0.6 is 12.4 Å². The van der Waals surface area contributed by atoms with Crippen molar-refractivity contribution >= 4 is 18.3 Å². The number of benzene rings is 1. The van der Waals surface area contributed by atoms with E-state index in [9.17, 15) is 4.79 Å². The maximum Gasteiger partial charge on any atom is 0.227 e. The third-order valence-electron chi connectivity index (χ3n) is 5.80. The van der Waals surface area contributed by atoms with Gasteiger partial charge in [-0.25, -0.2) is 0 Å². The standard InChI is InChI=1S/C21H32N2O3.ClH/c1-3-25-18-9-8-16(13-19(18)26-4-2)10-12-23-20(24)21-11-6-5-7-17(21)14-22-15-21;/h8-9,13,17,22H,3-7,10-12,14-15H2,1-2H3,(H,23,24);1H/t17-,21+;/m0./s1. The van der Waals surface area contributed by atoms with Gasteiger partial charge >= 0.3 is 0 Å². The summed E-state index contributed by atoms with van der Waals surface area (Å²) < 4.78 is 11.3. The van der Waals surface area contributed by atoms with Gasteiger partial charge in [-0.15, -0.1) is 12.4 Å². The summed E-state index contributed by atoms with van der Waals surface area (Å²) in [6.07, 6.45) is 5.42. The van der Waals surface area contributed by atoms with Crippen LogP contribution in [0.15, 0.2) is 18.2 Å². The van der Waals surface area contributed by atoms with Crippen molar-refractivity contribution < 1.29 is 14.3 Å². The van der Waals surface area contributed by atoms with E-state index in [1.807, 2.05) is 26.0 Å². The van der Waals surface area contributed by atoms with Gasteiger partial charge in [-0.2, -0.15) is 0 Å². The highest BCUT2D eigenvalue weighted by molar-refractivity contribution is 5.85. The minimum absolute atomic E-state index is 0. The summed E-state index contributed by atoms with van der Waals surface area (Å²) in [7, 11) is 0. The van der Waals surface area contributed by atoms with Crippen LogP contribution in [0.1, 0.15) is 45.1 Å². The number of hydrogen-bond donors (Lipinski definition) is 2. The lowest BCUT2D eigenvalue weighted by Crippen LogP contribution is -2.48. The van der Waals surface area contributed by atoms with Gasteiger partial charge in [0.1, 0.15) is 0 Å². The van der Waals surface area contributed by atoms with Crippen molar-refractivity contribution in [2.24, 2.45) is 11.3 Å². The molecule has 1 aromatic rings. The molecule has 1 aliphatic heterocycles. The number of fused-ring (bicyclic) bond motifs is 1. The predicted molar refractivity (Wildman–Crippen MR) is 110 cm³/mol. The number of carbonyl (C=O) groups is 1. The van der Waals surface area contributed by atoms with Gasteiger partial charge < -0.3 is 20.1 Å². The van der Waals surface area contributed by atoms with E-state index in [1.165, 1.54) is 19.3 Å². The van der Waals surface area contributed by atoms with Crippen LogP contribution in [0.4, 0.5) is 0 Å². The molecule has 2 N–H and O–H groups in total. The van der Waals surface area contributed by atoms with Crippen molar-refractivity contribution in [1.82, 2.24) is 10.6 Å². The minimum atomic E-state index is -0.173. The summed E-state index contributed by atoms with van der Waals surface area (Å²) in [6.45, 7) is 7.65. The SMILES string of the molecule is CCOc1ccc(CCNC(=O)[C@@]23CCCC[C@H]2CNC3)cc1OCC.Cl. The van der Waals surface area contributed by atoms with E-state index in [0.717, 1.165) is 43.0 Å².